The first-order valence-electron chi connectivity index (χ1n) is 10.4. The van der Waals surface area contributed by atoms with Gasteiger partial charge in [-0.2, -0.15) is 0 Å². The number of aryl methyl sites for hydroxylation is 2. The van der Waals surface area contributed by atoms with E-state index in [2.05, 4.69) is 5.32 Å². The van der Waals surface area contributed by atoms with Gasteiger partial charge in [-0.3, -0.25) is 9.10 Å². The summed E-state index contributed by atoms with van der Waals surface area (Å²) in [6.45, 7) is 4.71. The topological polar surface area (TPSA) is 75.7 Å². The van der Waals surface area contributed by atoms with Crippen molar-refractivity contribution in [1.82, 2.24) is 5.32 Å². The van der Waals surface area contributed by atoms with Gasteiger partial charge in [0.05, 0.1) is 25.0 Å². The van der Waals surface area contributed by atoms with Gasteiger partial charge in [0.25, 0.3) is 5.91 Å². The number of rotatable bonds is 9. The van der Waals surface area contributed by atoms with E-state index in [0.717, 1.165) is 16.7 Å². The normalized spacial score (nSPS) is 11.2. The van der Waals surface area contributed by atoms with Gasteiger partial charge in [0.1, 0.15) is 12.4 Å². The summed E-state index contributed by atoms with van der Waals surface area (Å²) in [7, 11) is -3.50. The molecule has 33 heavy (non-hydrogen) atoms. The number of hydrogen-bond donors (Lipinski definition) is 1. The van der Waals surface area contributed by atoms with Crippen LogP contribution in [0.15, 0.2) is 66.7 Å². The molecule has 174 valence electrons. The molecule has 3 aromatic rings. The Kier molecular flexibility index (Phi) is 8.00. The molecule has 0 radical (unpaired) electrons. The lowest BCUT2D eigenvalue weighted by molar-refractivity contribution is 0.0947. The molecule has 0 aliphatic rings. The lowest BCUT2D eigenvalue weighted by atomic mass is 10.1. The largest absolute Gasteiger partial charge is 0.492 e. The van der Waals surface area contributed by atoms with Crippen LogP contribution in [0.3, 0.4) is 0 Å². The summed E-state index contributed by atoms with van der Waals surface area (Å²) in [4.78, 5) is 12.4. The number of halogens is 1. The Morgan fingerprint density at radius 1 is 1.00 bits per heavy atom. The van der Waals surface area contributed by atoms with Gasteiger partial charge in [-0.1, -0.05) is 47.5 Å². The number of hydrogen-bond acceptors (Lipinski definition) is 4. The first-order valence-corrected chi connectivity index (χ1v) is 12.7. The van der Waals surface area contributed by atoms with Crippen molar-refractivity contribution in [1.29, 1.82) is 0 Å². The highest BCUT2D eigenvalue weighted by molar-refractivity contribution is 7.92. The van der Waals surface area contributed by atoms with E-state index in [1.807, 2.05) is 50.2 Å². The van der Waals surface area contributed by atoms with Crippen LogP contribution in [-0.4, -0.2) is 33.7 Å². The third-order valence-corrected chi connectivity index (χ3v) is 6.61. The number of carbonyl (C=O) groups excluding carboxylic acids is 1. The monoisotopic (exact) mass is 486 g/mol. The molecule has 0 spiro atoms. The first-order chi connectivity index (χ1) is 15.6. The number of nitrogens with zero attached hydrogens (tertiary/aromatic N) is 1. The molecule has 1 amide bonds. The van der Waals surface area contributed by atoms with E-state index in [1.54, 1.807) is 30.3 Å². The van der Waals surface area contributed by atoms with E-state index in [1.165, 1.54) is 10.6 Å². The van der Waals surface area contributed by atoms with Gasteiger partial charge in [0, 0.05) is 10.6 Å². The van der Waals surface area contributed by atoms with Crippen molar-refractivity contribution in [2.75, 3.05) is 23.7 Å². The molecule has 0 atom stereocenters. The zero-order chi connectivity index (χ0) is 24.0. The van der Waals surface area contributed by atoms with Gasteiger partial charge < -0.3 is 10.1 Å². The van der Waals surface area contributed by atoms with E-state index >= 15 is 0 Å². The number of nitrogens with one attached hydrogen (secondary N) is 1. The Balaban J connectivity index is 1.59. The minimum absolute atomic E-state index is 0.213. The first kappa shape index (κ1) is 24.6. The molecule has 1 N–H and O–H groups in total. The van der Waals surface area contributed by atoms with Crippen molar-refractivity contribution in [2.45, 2.75) is 20.4 Å². The standard InChI is InChI=1S/C25H27ClN2O4S/c1-18-4-7-20(8-5-18)17-28(33(3,30)31)22-11-9-21(10-12-22)25(29)27-14-15-32-23-13-6-19(2)24(26)16-23/h4-13,16H,14-15,17H2,1-3H3,(H,27,29). The minimum Gasteiger partial charge on any atom is -0.492 e. The summed E-state index contributed by atoms with van der Waals surface area (Å²) >= 11 is 6.08. The molecule has 0 aliphatic heterocycles. The highest BCUT2D eigenvalue weighted by Gasteiger charge is 2.18. The number of anilines is 1. The molecule has 8 heteroatoms. The molecule has 3 aromatic carbocycles. The number of sulfonamides is 1. The number of amides is 1. The average molecular weight is 487 g/mol. The molecule has 0 unspecified atom stereocenters. The Morgan fingerprint density at radius 3 is 2.27 bits per heavy atom. The number of benzene rings is 3. The molecule has 3 rings (SSSR count). The molecule has 0 bridgehead atoms. The molecule has 0 aliphatic carbocycles. The second-order valence-corrected chi connectivity index (χ2v) is 10.1. The van der Waals surface area contributed by atoms with Gasteiger partial charge in [-0.25, -0.2) is 8.42 Å². The van der Waals surface area contributed by atoms with Gasteiger partial charge in [0.2, 0.25) is 10.0 Å². The average Bonchev–Trinajstić information content (AvgIpc) is 2.78. The summed E-state index contributed by atoms with van der Waals surface area (Å²) in [5.74, 6) is 0.371. The zero-order valence-electron chi connectivity index (χ0n) is 18.8. The summed E-state index contributed by atoms with van der Waals surface area (Å²) in [6.07, 6.45) is 1.17. The molecule has 0 aromatic heterocycles. The van der Waals surface area contributed by atoms with Crippen LogP contribution in [0.25, 0.3) is 0 Å². The molecule has 0 fully saturated rings. The predicted octanol–water partition coefficient (Wildman–Crippen LogP) is 4.73. The van der Waals surface area contributed by atoms with E-state index in [-0.39, 0.29) is 12.5 Å². The molecule has 0 saturated heterocycles. The van der Waals surface area contributed by atoms with Crippen molar-refractivity contribution in [2.24, 2.45) is 0 Å². The highest BCUT2D eigenvalue weighted by atomic mass is 35.5. The van der Waals surface area contributed by atoms with Crippen molar-refractivity contribution < 1.29 is 17.9 Å². The SMILES string of the molecule is Cc1ccc(CN(c2ccc(C(=O)NCCOc3ccc(C)c(Cl)c3)cc2)S(C)(=O)=O)cc1. The van der Waals surface area contributed by atoms with Crippen LogP contribution in [0.1, 0.15) is 27.0 Å². The Morgan fingerprint density at radius 2 is 1.67 bits per heavy atom. The van der Waals surface area contributed by atoms with Crippen molar-refractivity contribution in [3.05, 3.63) is 94.0 Å². The van der Waals surface area contributed by atoms with Crippen LogP contribution in [0.5, 0.6) is 5.75 Å². The maximum Gasteiger partial charge on any atom is 0.251 e. The van der Waals surface area contributed by atoms with Gasteiger partial charge in [-0.05, 0) is 61.4 Å². The van der Waals surface area contributed by atoms with Crippen molar-refractivity contribution in [3.8, 4) is 5.75 Å². The summed E-state index contributed by atoms with van der Waals surface area (Å²) < 4.78 is 31.7. The molecule has 0 saturated carbocycles. The summed E-state index contributed by atoms with van der Waals surface area (Å²) in [5, 5.41) is 3.42. The Labute approximate surface area is 200 Å². The van der Waals surface area contributed by atoms with E-state index in [4.69, 9.17) is 16.3 Å². The van der Waals surface area contributed by atoms with Crippen LogP contribution in [-0.2, 0) is 16.6 Å². The molecule has 6 nitrogen and oxygen atoms in total. The smallest absolute Gasteiger partial charge is 0.251 e. The number of carbonyl (C=O) groups is 1. The lowest BCUT2D eigenvalue weighted by Gasteiger charge is -2.23. The Hall–Kier alpha value is -3.03. The molecular formula is C25H27ClN2O4S. The fourth-order valence-electron chi connectivity index (χ4n) is 3.14. The fourth-order valence-corrected chi connectivity index (χ4v) is 4.20. The van der Waals surface area contributed by atoms with Crippen LogP contribution in [0.2, 0.25) is 5.02 Å². The van der Waals surface area contributed by atoms with E-state index in [9.17, 15) is 13.2 Å². The van der Waals surface area contributed by atoms with Crippen LogP contribution < -0.4 is 14.4 Å². The van der Waals surface area contributed by atoms with Crippen molar-refractivity contribution >= 4 is 33.2 Å². The van der Waals surface area contributed by atoms with Crippen LogP contribution in [0, 0.1) is 13.8 Å². The van der Waals surface area contributed by atoms with Gasteiger partial charge in [-0.15, -0.1) is 0 Å². The third kappa shape index (κ3) is 6.97. The van der Waals surface area contributed by atoms with E-state index < -0.39 is 10.0 Å². The number of ether oxygens (including phenoxy) is 1. The quantitative estimate of drug-likeness (QED) is 0.443. The minimum atomic E-state index is -3.50. The highest BCUT2D eigenvalue weighted by Crippen LogP contribution is 2.22. The summed E-state index contributed by atoms with van der Waals surface area (Å²) in [6, 6.07) is 19.6. The lowest BCUT2D eigenvalue weighted by Crippen LogP contribution is -2.30. The van der Waals surface area contributed by atoms with Crippen molar-refractivity contribution in [3.63, 3.8) is 0 Å². The second-order valence-electron chi connectivity index (χ2n) is 7.82. The van der Waals surface area contributed by atoms with Crippen LogP contribution in [0.4, 0.5) is 5.69 Å². The molecular weight excluding hydrogens is 460 g/mol. The fraction of sp³-hybridized carbons (Fsp3) is 0.240. The van der Waals surface area contributed by atoms with Crippen LogP contribution >= 0.6 is 11.6 Å². The zero-order valence-corrected chi connectivity index (χ0v) is 20.4. The van der Waals surface area contributed by atoms with Gasteiger partial charge >= 0.3 is 0 Å². The molecule has 0 heterocycles. The third-order valence-electron chi connectivity index (χ3n) is 5.06. The predicted molar refractivity (Wildman–Crippen MR) is 133 cm³/mol. The maximum absolute atomic E-state index is 12.4. The summed E-state index contributed by atoms with van der Waals surface area (Å²) in [5.41, 5.74) is 3.87. The maximum atomic E-state index is 12.4. The Bertz CT molecular complexity index is 1210. The second kappa shape index (κ2) is 10.7. The van der Waals surface area contributed by atoms with E-state index in [0.29, 0.717) is 35.2 Å². The van der Waals surface area contributed by atoms with Gasteiger partial charge in [0.15, 0.2) is 0 Å².